The van der Waals surface area contributed by atoms with E-state index < -0.39 is 6.10 Å². The highest BCUT2D eigenvalue weighted by atomic mass is 32.1. The van der Waals surface area contributed by atoms with E-state index >= 15 is 0 Å². The minimum absolute atomic E-state index is 0.274. The van der Waals surface area contributed by atoms with Crippen molar-refractivity contribution in [2.75, 3.05) is 26.6 Å². The summed E-state index contributed by atoms with van der Waals surface area (Å²) >= 11 is 1.78. The lowest BCUT2D eigenvalue weighted by Crippen LogP contribution is -2.34. The Kier molecular flexibility index (Phi) is 6.68. The molecule has 1 N–H and O–H groups in total. The molecule has 1 aliphatic rings. The molecule has 0 spiro atoms. The van der Waals surface area contributed by atoms with Gasteiger partial charge in [0.1, 0.15) is 0 Å². The summed E-state index contributed by atoms with van der Waals surface area (Å²) in [5.74, 6) is 1.57. The molecule has 0 amide bonds. The SMILES string of the molecule is C=CCOCC(O)CN(Cc1ccc2c(c1)OCO2)Cc1ccc(C)s1. The van der Waals surface area contributed by atoms with E-state index in [-0.39, 0.29) is 6.79 Å². The van der Waals surface area contributed by atoms with Crippen LogP contribution >= 0.6 is 11.3 Å². The van der Waals surface area contributed by atoms with Gasteiger partial charge in [0, 0.05) is 29.4 Å². The van der Waals surface area contributed by atoms with Gasteiger partial charge in [-0.3, -0.25) is 4.90 Å². The third kappa shape index (κ3) is 5.32. The van der Waals surface area contributed by atoms with Gasteiger partial charge in [-0.1, -0.05) is 12.1 Å². The number of rotatable bonds is 10. The molecule has 0 saturated carbocycles. The van der Waals surface area contributed by atoms with Crippen LogP contribution in [0, 0.1) is 6.92 Å². The van der Waals surface area contributed by atoms with E-state index in [0.29, 0.717) is 26.3 Å². The number of fused-ring (bicyclic) bond motifs is 1. The van der Waals surface area contributed by atoms with Crippen LogP contribution in [0.5, 0.6) is 11.5 Å². The maximum absolute atomic E-state index is 10.3. The summed E-state index contributed by atoms with van der Waals surface area (Å²) in [6, 6.07) is 10.3. The normalized spacial score (nSPS) is 14.0. The minimum atomic E-state index is -0.551. The monoisotopic (exact) mass is 375 g/mol. The lowest BCUT2D eigenvalue weighted by Gasteiger charge is -2.25. The molecule has 1 atom stereocenters. The van der Waals surface area contributed by atoms with Crippen molar-refractivity contribution in [1.82, 2.24) is 4.90 Å². The fourth-order valence-corrected chi connectivity index (χ4v) is 3.84. The molecule has 0 saturated heterocycles. The average Bonchev–Trinajstić information content (AvgIpc) is 3.23. The molecule has 5 nitrogen and oxygen atoms in total. The van der Waals surface area contributed by atoms with E-state index in [4.69, 9.17) is 14.2 Å². The second-order valence-corrected chi connectivity index (χ2v) is 7.72. The molecular weight excluding hydrogens is 350 g/mol. The largest absolute Gasteiger partial charge is 0.454 e. The number of ether oxygens (including phenoxy) is 3. The molecule has 0 bridgehead atoms. The Morgan fingerprint density at radius 2 is 2.12 bits per heavy atom. The number of hydrogen-bond acceptors (Lipinski definition) is 6. The maximum Gasteiger partial charge on any atom is 0.231 e. The first kappa shape index (κ1) is 18.9. The van der Waals surface area contributed by atoms with Crippen molar-refractivity contribution >= 4 is 11.3 Å². The Balaban J connectivity index is 1.66. The first-order valence-electron chi connectivity index (χ1n) is 8.67. The fraction of sp³-hybridized carbons (Fsp3) is 0.400. The first-order chi connectivity index (χ1) is 12.6. The van der Waals surface area contributed by atoms with E-state index in [9.17, 15) is 5.11 Å². The first-order valence-corrected chi connectivity index (χ1v) is 9.48. The smallest absolute Gasteiger partial charge is 0.231 e. The summed E-state index contributed by atoms with van der Waals surface area (Å²) in [4.78, 5) is 4.80. The van der Waals surface area contributed by atoms with Crippen LogP contribution in [0.15, 0.2) is 43.0 Å². The zero-order valence-corrected chi connectivity index (χ0v) is 15.8. The molecule has 3 rings (SSSR count). The third-order valence-electron chi connectivity index (χ3n) is 4.03. The summed E-state index contributed by atoms with van der Waals surface area (Å²) < 4.78 is 16.2. The van der Waals surface area contributed by atoms with E-state index in [1.165, 1.54) is 9.75 Å². The Hall–Kier alpha value is -1.86. The van der Waals surface area contributed by atoms with Crippen LogP contribution in [0.25, 0.3) is 0 Å². The van der Waals surface area contributed by atoms with Gasteiger partial charge >= 0.3 is 0 Å². The molecule has 0 radical (unpaired) electrons. The van der Waals surface area contributed by atoms with Crippen molar-refractivity contribution in [3.8, 4) is 11.5 Å². The number of aliphatic hydroxyl groups excluding tert-OH is 1. The fourth-order valence-electron chi connectivity index (χ4n) is 2.91. The quantitative estimate of drug-likeness (QED) is 0.510. The Labute approximate surface area is 158 Å². The molecule has 1 aromatic heterocycles. The van der Waals surface area contributed by atoms with Crippen molar-refractivity contribution < 1.29 is 19.3 Å². The second-order valence-electron chi connectivity index (χ2n) is 6.35. The lowest BCUT2D eigenvalue weighted by molar-refractivity contribution is 0.0230. The van der Waals surface area contributed by atoms with Crippen molar-refractivity contribution in [3.63, 3.8) is 0 Å². The Bertz CT molecular complexity index is 730. The Morgan fingerprint density at radius 1 is 1.27 bits per heavy atom. The number of aliphatic hydroxyl groups is 1. The van der Waals surface area contributed by atoms with Crippen LogP contribution in [0.2, 0.25) is 0 Å². The highest BCUT2D eigenvalue weighted by molar-refractivity contribution is 7.11. The number of aryl methyl sites for hydroxylation is 1. The van der Waals surface area contributed by atoms with Crippen molar-refractivity contribution in [3.05, 3.63) is 58.3 Å². The van der Waals surface area contributed by atoms with Crippen LogP contribution in [0.4, 0.5) is 0 Å². The molecule has 140 valence electrons. The topological polar surface area (TPSA) is 51.2 Å². The molecule has 2 aromatic rings. The Morgan fingerprint density at radius 3 is 2.88 bits per heavy atom. The zero-order chi connectivity index (χ0) is 18.4. The average molecular weight is 375 g/mol. The lowest BCUT2D eigenvalue weighted by atomic mass is 10.1. The van der Waals surface area contributed by atoms with E-state index in [0.717, 1.165) is 23.6 Å². The van der Waals surface area contributed by atoms with Gasteiger partial charge in [0.15, 0.2) is 11.5 Å². The summed E-state index contributed by atoms with van der Waals surface area (Å²) in [7, 11) is 0. The molecule has 1 aliphatic heterocycles. The standard InChI is InChI=1S/C20H25NO4S/c1-3-8-23-13-17(22)11-21(12-18-6-4-15(2)26-18)10-16-5-7-19-20(9-16)25-14-24-19/h3-7,9,17,22H,1,8,10-14H2,2H3. The highest BCUT2D eigenvalue weighted by Crippen LogP contribution is 2.33. The molecule has 6 heteroatoms. The second kappa shape index (κ2) is 9.19. The molecule has 1 unspecified atom stereocenters. The van der Waals surface area contributed by atoms with E-state index in [1.54, 1.807) is 17.4 Å². The molecule has 2 heterocycles. The molecule has 26 heavy (non-hydrogen) atoms. The predicted octanol–water partition coefficient (Wildman–Crippen LogP) is 3.35. The van der Waals surface area contributed by atoms with Gasteiger partial charge in [0.05, 0.1) is 19.3 Å². The van der Waals surface area contributed by atoms with Gasteiger partial charge in [-0.25, -0.2) is 0 Å². The summed E-state index contributed by atoms with van der Waals surface area (Å²) in [5, 5.41) is 10.3. The summed E-state index contributed by atoms with van der Waals surface area (Å²) in [5.41, 5.74) is 1.13. The van der Waals surface area contributed by atoms with Crippen molar-refractivity contribution in [1.29, 1.82) is 0 Å². The number of benzene rings is 1. The van der Waals surface area contributed by atoms with Gasteiger partial charge in [-0.2, -0.15) is 0 Å². The van der Waals surface area contributed by atoms with Gasteiger partial charge < -0.3 is 19.3 Å². The van der Waals surface area contributed by atoms with Gasteiger partial charge in [0.2, 0.25) is 6.79 Å². The number of hydrogen-bond donors (Lipinski definition) is 1. The van der Waals surface area contributed by atoms with Gasteiger partial charge in [-0.15, -0.1) is 17.9 Å². The molecule has 0 fully saturated rings. The van der Waals surface area contributed by atoms with Crippen LogP contribution < -0.4 is 9.47 Å². The van der Waals surface area contributed by atoms with Crippen LogP contribution in [0.1, 0.15) is 15.3 Å². The zero-order valence-electron chi connectivity index (χ0n) is 15.0. The predicted molar refractivity (Wildman–Crippen MR) is 103 cm³/mol. The summed E-state index contributed by atoms with van der Waals surface area (Å²) in [6.45, 7) is 8.78. The number of nitrogens with zero attached hydrogens (tertiary/aromatic N) is 1. The van der Waals surface area contributed by atoms with Crippen LogP contribution in [-0.2, 0) is 17.8 Å². The van der Waals surface area contributed by atoms with E-state index in [2.05, 4.69) is 30.5 Å². The minimum Gasteiger partial charge on any atom is -0.454 e. The van der Waals surface area contributed by atoms with E-state index in [1.807, 2.05) is 18.2 Å². The van der Waals surface area contributed by atoms with Crippen LogP contribution in [0.3, 0.4) is 0 Å². The summed E-state index contributed by atoms with van der Waals surface area (Å²) in [6.07, 6.45) is 1.14. The molecule has 1 aromatic carbocycles. The van der Waals surface area contributed by atoms with Gasteiger partial charge in [-0.05, 0) is 36.8 Å². The van der Waals surface area contributed by atoms with Gasteiger partial charge in [0.25, 0.3) is 0 Å². The third-order valence-corrected chi connectivity index (χ3v) is 5.02. The van der Waals surface area contributed by atoms with Crippen molar-refractivity contribution in [2.24, 2.45) is 0 Å². The number of thiophene rings is 1. The molecular formula is C20H25NO4S. The van der Waals surface area contributed by atoms with Crippen LogP contribution in [-0.4, -0.2) is 42.7 Å². The maximum atomic E-state index is 10.3. The highest BCUT2D eigenvalue weighted by Gasteiger charge is 2.17. The molecule has 0 aliphatic carbocycles. The van der Waals surface area contributed by atoms with Crippen molar-refractivity contribution in [2.45, 2.75) is 26.1 Å².